The molecule has 0 N–H and O–H groups in total. The van der Waals surface area contributed by atoms with Gasteiger partial charge in [-0.3, -0.25) is 4.98 Å². The van der Waals surface area contributed by atoms with Crippen molar-refractivity contribution in [3.8, 4) is 0 Å². The first kappa shape index (κ1) is 9.60. The lowest BCUT2D eigenvalue weighted by atomic mass is 9.99. The van der Waals surface area contributed by atoms with Crippen molar-refractivity contribution in [2.24, 2.45) is 0 Å². The van der Waals surface area contributed by atoms with Crippen LogP contribution in [0.3, 0.4) is 0 Å². The van der Waals surface area contributed by atoms with Crippen molar-refractivity contribution in [3.63, 3.8) is 0 Å². The molecule has 0 fully saturated rings. The third-order valence-electron chi connectivity index (χ3n) is 3.50. The molecule has 0 spiro atoms. The van der Waals surface area contributed by atoms with E-state index in [0.29, 0.717) is 0 Å². The number of pyridine rings is 1. The van der Waals surface area contributed by atoms with Crippen LogP contribution in [0, 0.1) is 0 Å². The topological polar surface area (TPSA) is 12.9 Å². The van der Waals surface area contributed by atoms with E-state index in [1.807, 2.05) is 12.4 Å². The van der Waals surface area contributed by atoms with Crippen LogP contribution in [0.1, 0.15) is 0 Å². The van der Waals surface area contributed by atoms with E-state index >= 15 is 0 Å². The highest BCUT2D eigenvalue weighted by Gasteiger charge is 2.02. The molecule has 0 amide bonds. The third-order valence-corrected chi connectivity index (χ3v) is 3.50. The van der Waals surface area contributed by atoms with Crippen LogP contribution in [-0.2, 0) is 0 Å². The summed E-state index contributed by atoms with van der Waals surface area (Å²) in [5.74, 6) is 0. The molecule has 0 unspecified atom stereocenters. The highest BCUT2D eigenvalue weighted by Crippen LogP contribution is 2.28. The number of benzene rings is 3. The summed E-state index contributed by atoms with van der Waals surface area (Å²) in [5.41, 5.74) is 0. The summed E-state index contributed by atoms with van der Waals surface area (Å²) in [5, 5.41) is 7.63. The average molecular weight is 229 g/mol. The van der Waals surface area contributed by atoms with Gasteiger partial charge in [0.1, 0.15) is 0 Å². The van der Waals surface area contributed by atoms with Gasteiger partial charge in [-0.1, -0.05) is 36.4 Å². The number of aromatic nitrogens is 1. The fourth-order valence-electron chi connectivity index (χ4n) is 2.59. The molecule has 3 aromatic carbocycles. The van der Waals surface area contributed by atoms with Crippen LogP contribution in [-0.4, -0.2) is 4.98 Å². The van der Waals surface area contributed by atoms with E-state index in [-0.39, 0.29) is 0 Å². The highest BCUT2D eigenvalue weighted by molar-refractivity contribution is 6.11. The number of rotatable bonds is 0. The van der Waals surface area contributed by atoms with Crippen LogP contribution in [0.15, 0.2) is 67.0 Å². The molecule has 0 saturated heterocycles. The molecule has 0 aliphatic rings. The van der Waals surface area contributed by atoms with Gasteiger partial charge in [-0.05, 0) is 45.1 Å². The maximum absolute atomic E-state index is 4.18. The Labute approximate surface area is 105 Å². The van der Waals surface area contributed by atoms with E-state index in [9.17, 15) is 0 Å². The van der Waals surface area contributed by atoms with Crippen LogP contribution >= 0.6 is 0 Å². The standard InChI is InChI=1S/C17H11N/c1-2-4-13-10-17-14(9-12(13)3-1)5-6-15-11-18-8-7-16(15)17/h1-11H. The normalized spacial score (nSPS) is 11.3. The fraction of sp³-hybridized carbons (Fsp3) is 0. The van der Waals surface area contributed by atoms with Gasteiger partial charge in [-0.2, -0.15) is 0 Å². The molecule has 0 saturated carbocycles. The molecule has 84 valence electrons. The van der Waals surface area contributed by atoms with Crippen molar-refractivity contribution in [2.45, 2.75) is 0 Å². The van der Waals surface area contributed by atoms with Crippen molar-refractivity contribution >= 4 is 32.3 Å². The van der Waals surface area contributed by atoms with E-state index < -0.39 is 0 Å². The second-order valence-corrected chi connectivity index (χ2v) is 4.58. The predicted octanol–water partition coefficient (Wildman–Crippen LogP) is 4.54. The first-order valence-electron chi connectivity index (χ1n) is 6.07. The Morgan fingerprint density at radius 1 is 0.611 bits per heavy atom. The summed E-state index contributed by atoms with van der Waals surface area (Å²) in [6, 6.07) is 19.4. The molecule has 0 aliphatic carbocycles. The molecular weight excluding hydrogens is 218 g/mol. The number of nitrogens with zero attached hydrogens (tertiary/aromatic N) is 1. The number of fused-ring (bicyclic) bond motifs is 4. The van der Waals surface area contributed by atoms with Gasteiger partial charge in [0.2, 0.25) is 0 Å². The number of hydrogen-bond donors (Lipinski definition) is 0. The van der Waals surface area contributed by atoms with Gasteiger partial charge in [0.05, 0.1) is 0 Å². The van der Waals surface area contributed by atoms with Gasteiger partial charge in [0, 0.05) is 17.8 Å². The minimum Gasteiger partial charge on any atom is -0.264 e. The first-order valence-corrected chi connectivity index (χ1v) is 6.07. The molecule has 0 atom stereocenters. The molecule has 1 heteroatoms. The largest absolute Gasteiger partial charge is 0.264 e. The summed E-state index contributed by atoms with van der Waals surface area (Å²) < 4.78 is 0. The molecule has 0 bridgehead atoms. The lowest BCUT2D eigenvalue weighted by Gasteiger charge is -2.05. The molecule has 4 aromatic rings. The molecule has 1 nitrogen and oxygen atoms in total. The molecule has 1 heterocycles. The Balaban J connectivity index is 2.27. The van der Waals surface area contributed by atoms with Gasteiger partial charge < -0.3 is 0 Å². The van der Waals surface area contributed by atoms with Crippen LogP contribution in [0.25, 0.3) is 32.3 Å². The van der Waals surface area contributed by atoms with Crippen molar-refractivity contribution in [3.05, 3.63) is 67.0 Å². The molecule has 18 heavy (non-hydrogen) atoms. The minimum absolute atomic E-state index is 1.19. The van der Waals surface area contributed by atoms with Gasteiger partial charge in [0.25, 0.3) is 0 Å². The van der Waals surface area contributed by atoms with Crippen LogP contribution in [0.5, 0.6) is 0 Å². The summed E-state index contributed by atoms with van der Waals surface area (Å²) in [6.45, 7) is 0. The Morgan fingerprint density at radius 3 is 2.28 bits per heavy atom. The van der Waals surface area contributed by atoms with Crippen LogP contribution in [0.4, 0.5) is 0 Å². The van der Waals surface area contributed by atoms with E-state index in [2.05, 4.69) is 59.6 Å². The summed E-state index contributed by atoms with van der Waals surface area (Å²) in [6.07, 6.45) is 3.78. The lowest BCUT2D eigenvalue weighted by molar-refractivity contribution is 1.37. The maximum atomic E-state index is 4.18. The second kappa shape index (κ2) is 3.54. The van der Waals surface area contributed by atoms with Crippen LogP contribution in [0.2, 0.25) is 0 Å². The predicted molar refractivity (Wildman–Crippen MR) is 76.8 cm³/mol. The zero-order valence-corrected chi connectivity index (χ0v) is 9.80. The van der Waals surface area contributed by atoms with E-state index in [1.54, 1.807) is 0 Å². The Hall–Kier alpha value is -2.41. The fourth-order valence-corrected chi connectivity index (χ4v) is 2.59. The summed E-state index contributed by atoms with van der Waals surface area (Å²) >= 11 is 0. The first-order chi connectivity index (χ1) is 8.92. The quantitative estimate of drug-likeness (QED) is 0.318. The molecule has 4 rings (SSSR count). The maximum Gasteiger partial charge on any atom is 0.0346 e. The zero-order chi connectivity index (χ0) is 11.9. The van der Waals surface area contributed by atoms with E-state index in [0.717, 1.165) is 0 Å². The van der Waals surface area contributed by atoms with Crippen molar-refractivity contribution in [1.29, 1.82) is 0 Å². The van der Waals surface area contributed by atoms with E-state index in [4.69, 9.17) is 0 Å². The van der Waals surface area contributed by atoms with Crippen molar-refractivity contribution in [1.82, 2.24) is 4.98 Å². The van der Waals surface area contributed by atoms with Gasteiger partial charge >= 0.3 is 0 Å². The zero-order valence-electron chi connectivity index (χ0n) is 9.80. The Kier molecular flexibility index (Phi) is 1.89. The lowest BCUT2D eigenvalue weighted by Crippen LogP contribution is -1.80. The monoisotopic (exact) mass is 229 g/mol. The second-order valence-electron chi connectivity index (χ2n) is 4.58. The van der Waals surface area contributed by atoms with E-state index in [1.165, 1.54) is 32.3 Å². The highest BCUT2D eigenvalue weighted by atomic mass is 14.6. The third kappa shape index (κ3) is 1.31. The Bertz CT molecular complexity index is 872. The van der Waals surface area contributed by atoms with Gasteiger partial charge in [-0.15, -0.1) is 0 Å². The molecule has 1 aromatic heterocycles. The van der Waals surface area contributed by atoms with Crippen molar-refractivity contribution in [2.75, 3.05) is 0 Å². The Morgan fingerprint density at radius 2 is 1.39 bits per heavy atom. The summed E-state index contributed by atoms with van der Waals surface area (Å²) in [4.78, 5) is 4.18. The molecule has 0 radical (unpaired) electrons. The van der Waals surface area contributed by atoms with Crippen LogP contribution < -0.4 is 0 Å². The van der Waals surface area contributed by atoms with Crippen molar-refractivity contribution < 1.29 is 0 Å². The average Bonchev–Trinajstić information content (AvgIpc) is 2.45. The smallest absolute Gasteiger partial charge is 0.0346 e. The molecule has 0 aliphatic heterocycles. The minimum atomic E-state index is 1.19. The van der Waals surface area contributed by atoms with Gasteiger partial charge in [0.15, 0.2) is 0 Å². The number of hydrogen-bond acceptors (Lipinski definition) is 1. The summed E-state index contributed by atoms with van der Waals surface area (Å²) in [7, 11) is 0. The van der Waals surface area contributed by atoms with Gasteiger partial charge in [-0.25, -0.2) is 0 Å². The SMILES string of the molecule is c1ccc2cc3c(ccc4cnccc43)cc2c1. The molecular formula is C17H11N.